The Hall–Kier alpha value is -4.29. The van der Waals surface area contributed by atoms with E-state index in [1.54, 1.807) is 7.11 Å². The van der Waals surface area contributed by atoms with Gasteiger partial charge >= 0.3 is 5.97 Å². The molecule has 6 nitrogen and oxygen atoms in total. The highest BCUT2D eigenvalue weighted by molar-refractivity contribution is 5.80. The largest absolute Gasteiger partial charge is 0.497 e. The maximum atomic E-state index is 13.8. The molecule has 0 saturated heterocycles. The Morgan fingerprint density at radius 2 is 1.58 bits per heavy atom. The van der Waals surface area contributed by atoms with Crippen molar-refractivity contribution in [3.8, 4) is 5.75 Å². The number of esters is 1. The lowest BCUT2D eigenvalue weighted by atomic mass is 9.69. The highest BCUT2D eigenvalue weighted by Crippen LogP contribution is 2.45. The van der Waals surface area contributed by atoms with Crippen LogP contribution in [0, 0.1) is 19.3 Å². The number of hydrogen-bond donors (Lipinski definition) is 2. The van der Waals surface area contributed by atoms with E-state index in [4.69, 9.17) is 19.9 Å². The minimum absolute atomic E-state index is 0.217. The summed E-state index contributed by atoms with van der Waals surface area (Å²) in [7, 11) is 1.66. The van der Waals surface area contributed by atoms with Crippen LogP contribution in [0.5, 0.6) is 5.75 Å². The van der Waals surface area contributed by atoms with Gasteiger partial charge in [-0.3, -0.25) is 4.79 Å². The molecule has 0 aliphatic heterocycles. The lowest BCUT2D eigenvalue weighted by Gasteiger charge is -2.35. The molecule has 3 N–H and O–H groups in total. The molecule has 4 aromatic rings. The summed E-state index contributed by atoms with van der Waals surface area (Å²) in [5, 5.41) is 3.34. The van der Waals surface area contributed by atoms with Gasteiger partial charge in [-0.2, -0.15) is 0 Å². The molecule has 0 heterocycles. The highest BCUT2D eigenvalue weighted by Gasteiger charge is 2.41. The molecule has 0 aromatic heterocycles. The topological polar surface area (TPSA) is 82.8 Å². The molecule has 6 heteroatoms. The van der Waals surface area contributed by atoms with Gasteiger partial charge < -0.3 is 25.3 Å². The number of hydrogen-bond acceptors (Lipinski definition) is 6. The van der Waals surface area contributed by atoms with E-state index in [9.17, 15) is 4.79 Å². The lowest BCUT2D eigenvalue weighted by molar-refractivity contribution is -0.156. The summed E-state index contributed by atoms with van der Waals surface area (Å²) in [5.41, 5.74) is 14.5. The molecule has 0 aliphatic rings. The molecule has 0 radical (unpaired) electrons. The summed E-state index contributed by atoms with van der Waals surface area (Å²) in [6, 6.07) is 28.1. The maximum Gasteiger partial charge on any atom is 0.312 e. The number of carbonyl (C=O) groups excluding carboxylic acids is 1. The van der Waals surface area contributed by atoms with Gasteiger partial charge in [-0.05, 0) is 91.8 Å². The summed E-state index contributed by atoms with van der Waals surface area (Å²) in [5.74, 6) is 0.236. The van der Waals surface area contributed by atoms with Gasteiger partial charge in [0.05, 0.1) is 37.1 Å². The second-order valence-corrected chi connectivity index (χ2v) is 11.5. The average molecular weight is 581 g/mol. The van der Waals surface area contributed by atoms with E-state index in [1.807, 2.05) is 88.4 Å². The van der Waals surface area contributed by atoms with Crippen molar-refractivity contribution < 1.29 is 19.0 Å². The molecule has 0 aliphatic carbocycles. The predicted octanol–water partition coefficient (Wildman–Crippen LogP) is 7.94. The number of nitrogens with one attached hydrogen (secondary N) is 1. The van der Waals surface area contributed by atoms with E-state index in [0.717, 1.165) is 56.9 Å². The van der Waals surface area contributed by atoms with Gasteiger partial charge in [0, 0.05) is 12.5 Å². The third-order valence-electron chi connectivity index (χ3n) is 8.09. The van der Waals surface area contributed by atoms with Gasteiger partial charge in [0.25, 0.3) is 0 Å². The Balaban J connectivity index is 1.67. The molecular weight excluding hydrogens is 536 g/mol. The van der Waals surface area contributed by atoms with Gasteiger partial charge in [-0.1, -0.05) is 66.7 Å². The molecule has 0 spiro atoms. The van der Waals surface area contributed by atoms with Crippen molar-refractivity contribution in [1.82, 2.24) is 0 Å². The first-order valence-electron chi connectivity index (χ1n) is 14.8. The highest BCUT2D eigenvalue weighted by atomic mass is 16.5. The van der Waals surface area contributed by atoms with E-state index in [1.165, 1.54) is 0 Å². The van der Waals surface area contributed by atoms with E-state index in [0.29, 0.717) is 18.9 Å². The number of nitrogens with two attached hydrogens (primary N) is 1. The second kappa shape index (κ2) is 14.3. The van der Waals surface area contributed by atoms with Crippen molar-refractivity contribution in [1.29, 1.82) is 0 Å². The number of nitrogen functional groups attached to an aromatic ring is 1. The second-order valence-electron chi connectivity index (χ2n) is 11.5. The zero-order chi connectivity index (χ0) is 31.0. The van der Waals surface area contributed by atoms with Crippen LogP contribution in [-0.2, 0) is 34.1 Å². The molecule has 226 valence electrons. The van der Waals surface area contributed by atoms with Gasteiger partial charge in [0.15, 0.2) is 0 Å². The summed E-state index contributed by atoms with van der Waals surface area (Å²) < 4.78 is 17.3. The predicted molar refractivity (Wildman–Crippen MR) is 174 cm³/mol. The van der Waals surface area contributed by atoms with Crippen LogP contribution in [0.3, 0.4) is 0 Å². The normalized spacial score (nSPS) is 12.0. The van der Waals surface area contributed by atoms with Crippen molar-refractivity contribution in [3.63, 3.8) is 0 Å². The molecule has 0 saturated carbocycles. The molecule has 1 atom stereocenters. The Bertz CT molecular complexity index is 1510. The third kappa shape index (κ3) is 7.57. The Labute approximate surface area is 256 Å². The number of aryl methyl sites for hydroxylation is 1. The van der Waals surface area contributed by atoms with Crippen LogP contribution in [0.1, 0.15) is 65.6 Å². The van der Waals surface area contributed by atoms with Crippen LogP contribution < -0.4 is 15.8 Å². The molecule has 0 fully saturated rings. The van der Waals surface area contributed by atoms with Crippen LogP contribution in [-0.4, -0.2) is 19.6 Å². The van der Waals surface area contributed by atoms with Crippen LogP contribution >= 0.6 is 0 Å². The van der Waals surface area contributed by atoms with Gasteiger partial charge in [0.2, 0.25) is 0 Å². The fraction of sp³-hybridized carbons (Fsp3) is 0.324. The summed E-state index contributed by atoms with van der Waals surface area (Å²) in [4.78, 5) is 13.8. The maximum absolute atomic E-state index is 13.8. The van der Waals surface area contributed by atoms with E-state index in [-0.39, 0.29) is 18.5 Å². The van der Waals surface area contributed by atoms with E-state index in [2.05, 4.69) is 36.5 Å². The summed E-state index contributed by atoms with van der Waals surface area (Å²) >= 11 is 0. The van der Waals surface area contributed by atoms with Crippen LogP contribution in [0.2, 0.25) is 0 Å². The van der Waals surface area contributed by atoms with Gasteiger partial charge in [-0.15, -0.1) is 0 Å². The van der Waals surface area contributed by atoms with Crippen LogP contribution in [0.4, 0.5) is 11.4 Å². The zero-order valence-corrected chi connectivity index (χ0v) is 26.2. The number of ether oxygens (including phenoxy) is 3. The zero-order valence-electron chi connectivity index (χ0n) is 26.2. The standard InChI is InChI=1S/C37H44N2O4/c1-7-39-33-20-19-32(26(3)35(33)38)34(37(4,5)36(40)43-23-27-11-9-8-10-12-27)29-16-13-25(2)30(21-29)24-42-22-28-14-17-31(41-6)18-15-28/h8-21,34,39H,7,22-24,38H2,1-6H3. The van der Waals surface area contributed by atoms with Gasteiger partial charge in [0.1, 0.15) is 12.4 Å². The van der Waals surface area contributed by atoms with E-state index < -0.39 is 5.41 Å². The molecular formula is C37H44N2O4. The third-order valence-corrected chi connectivity index (χ3v) is 8.09. The smallest absolute Gasteiger partial charge is 0.312 e. The molecule has 4 aromatic carbocycles. The minimum Gasteiger partial charge on any atom is -0.497 e. The number of methoxy groups -OCH3 is 1. The monoisotopic (exact) mass is 580 g/mol. The van der Waals surface area contributed by atoms with Crippen LogP contribution in [0.25, 0.3) is 0 Å². The SMILES string of the molecule is CCNc1ccc(C(c2ccc(C)c(COCc3ccc(OC)cc3)c2)C(C)(C)C(=O)OCc2ccccc2)c(C)c1N. The summed E-state index contributed by atoms with van der Waals surface area (Å²) in [6.07, 6.45) is 0. The average Bonchev–Trinajstić information content (AvgIpc) is 3.01. The number of benzene rings is 4. The molecule has 43 heavy (non-hydrogen) atoms. The number of rotatable bonds is 13. The van der Waals surface area contributed by atoms with Crippen molar-refractivity contribution in [2.24, 2.45) is 5.41 Å². The summed E-state index contributed by atoms with van der Waals surface area (Å²) in [6.45, 7) is 12.0. The fourth-order valence-corrected chi connectivity index (χ4v) is 5.44. The Morgan fingerprint density at radius 3 is 2.26 bits per heavy atom. The van der Waals surface area contributed by atoms with Crippen molar-refractivity contribution in [2.75, 3.05) is 24.7 Å². The number of carbonyl (C=O) groups is 1. The molecule has 0 bridgehead atoms. The molecule has 0 amide bonds. The fourth-order valence-electron chi connectivity index (χ4n) is 5.44. The van der Waals surface area contributed by atoms with Gasteiger partial charge in [-0.25, -0.2) is 0 Å². The van der Waals surface area contributed by atoms with Crippen molar-refractivity contribution in [2.45, 2.75) is 60.4 Å². The van der Waals surface area contributed by atoms with Crippen molar-refractivity contribution >= 4 is 17.3 Å². The van der Waals surface area contributed by atoms with Crippen LogP contribution in [0.15, 0.2) is 84.9 Å². The quantitative estimate of drug-likeness (QED) is 0.123. The first kappa shape index (κ1) is 31.6. The molecule has 1 unspecified atom stereocenters. The minimum atomic E-state index is -0.901. The Morgan fingerprint density at radius 1 is 0.884 bits per heavy atom. The van der Waals surface area contributed by atoms with E-state index >= 15 is 0 Å². The van der Waals surface area contributed by atoms with Crippen molar-refractivity contribution in [3.05, 3.63) is 124 Å². The molecule has 4 rings (SSSR count). The first-order valence-corrected chi connectivity index (χ1v) is 14.8. The Kier molecular flexibility index (Phi) is 10.5. The number of anilines is 2. The lowest BCUT2D eigenvalue weighted by Crippen LogP contribution is -2.34. The first-order chi connectivity index (χ1) is 20.6.